The summed E-state index contributed by atoms with van der Waals surface area (Å²) < 4.78 is 38.6. The van der Waals surface area contributed by atoms with Crippen molar-refractivity contribution in [3.05, 3.63) is 24.3 Å². The summed E-state index contributed by atoms with van der Waals surface area (Å²) >= 11 is 0. The van der Waals surface area contributed by atoms with Crippen LogP contribution in [0.2, 0.25) is 0 Å². The van der Waals surface area contributed by atoms with E-state index < -0.39 is 39.4 Å². The van der Waals surface area contributed by atoms with Crippen molar-refractivity contribution in [3.8, 4) is 11.5 Å². The van der Waals surface area contributed by atoms with Gasteiger partial charge in [0.05, 0.1) is 13.7 Å². The van der Waals surface area contributed by atoms with E-state index >= 15 is 0 Å². The van der Waals surface area contributed by atoms with E-state index in [2.05, 4.69) is 0 Å². The quantitative estimate of drug-likeness (QED) is 0.531. The number of β-amino-alcohol motifs (C(OH)–C–C–N with tert-alkyl or cyclic N) is 1. The van der Waals surface area contributed by atoms with Crippen molar-refractivity contribution in [1.82, 2.24) is 9.21 Å². The average Bonchev–Trinajstić information content (AvgIpc) is 2.74. The Kier molecular flexibility index (Phi) is 6.62. The summed E-state index contributed by atoms with van der Waals surface area (Å²) in [6.07, 6.45) is 0.402. The van der Waals surface area contributed by atoms with E-state index in [0.29, 0.717) is 24.3 Å². The van der Waals surface area contributed by atoms with Crippen LogP contribution >= 0.6 is 0 Å². The fourth-order valence-corrected chi connectivity index (χ4v) is 6.15. The highest BCUT2D eigenvalue weighted by atomic mass is 32.2. The number of carbonyl (C=O) groups is 2. The number of carboxylic acids is 1. The van der Waals surface area contributed by atoms with Gasteiger partial charge in [0, 0.05) is 19.6 Å². The minimum Gasteiger partial charge on any atom is -0.497 e. The van der Waals surface area contributed by atoms with Crippen LogP contribution in [-0.2, 0) is 14.8 Å². The number of primary amides is 1. The standard InChI is InChI=1S/C19H27N3O8S/c1-29-13-2-4-14(5-3-13)30-15-6-10-22(11-7-15)31(27,28)16-8-9-21(18(20)25)12-19(16,26)17(23)24/h2-5,15-16,26H,6-12H2,1H3,(H2,20,25)(H,23,24). The first kappa shape index (κ1) is 23.1. The maximum absolute atomic E-state index is 13.2. The molecule has 2 fully saturated rings. The van der Waals surface area contributed by atoms with Crippen molar-refractivity contribution >= 4 is 22.0 Å². The zero-order valence-electron chi connectivity index (χ0n) is 17.1. The number of aliphatic hydroxyl groups is 1. The number of carbonyl (C=O) groups excluding carboxylic acids is 1. The zero-order valence-corrected chi connectivity index (χ0v) is 18.0. The van der Waals surface area contributed by atoms with E-state index in [1.807, 2.05) is 0 Å². The number of hydrogen-bond acceptors (Lipinski definition) is 7. The highest BCUT2D eigenvalue weighted by Gasteiger charge is 2.56. The topological polar surface area (TPSA) is 160 Å². The third-order valence-electron chi connectivity index (χ3n) is 5.79. The Hall–Kier alpha value is -2.57. The lowest BCUT2D eigenvalue weighted by atomic mass is 9.92. The molecule has 2 aliphatic rings. The fourth-order valence-electron chi connectivity index (χ4n) is 4.00. The van der Waals surface area contributed by atoms with Gasteiger partial charge in [0.25, 0.3) is 0 Å². The molecule has 0 radical (unpaired) electrons. The molecule has 12 heteroatoms. The Morgan fingerprint density at radius 3 is 2.19 bits per heavy atom. The predicted octanol–water partition coefficient (Wildman–Crippen LogP) is -0.163. The largest absolute Gasteiger partial charge is 0.497 e. The van der Waals surface area contributed by atoms with Crippen molar-refractivity contribution < 1.29 is 37.7 Å². The Balaban J connectivity index is 1.67. The summed E-state index contributed by atoms with van der Waals surface area (Å²) in [5, 5.41) is 18.6. The summed E-state index contributed by atoms with van der Waals surface area (Å²) in [5.74, 6) is -0.368. The molecule has 0 aliphatic carbocycles. The number of urea groups is 1. The molecular formula is C19H27N3O8S. The summed E-state index contributed by atoms with van der Waals surface area (Å²) in [7, 11) is -2.58. The molecule has 1 aromatic carbocycles. The number of nitrogens with two attached hydrogens (primary N) is 1. The molecule has 3 rings (SSSR count). The predicted molar refractivity (Wildman–Crippen MR) is 109 cm³/mol. The van der Waals surface area contributed by atoms with Crippen LogP contribution in [0.3, 0.4) is 0 Å². The van der Waals surface area contributed by atoms with Crippen molar-refractivity contribution in [2.45, 2.75) is 36.2 Å². The number of hydrogen-bond donors (Lipinski definition) is 3. The van der Waals surface area contributed by atoms with Gasteiger partial charge in [0.1, 0.15) is 22.9 Å². The lowest BCUT2D eigenvalue weighted by Crippen LogP contribution is -2.67. The molecule has 0 bridgehead atoms. The van der Waals surface area contributed by atoms with Gasteiger partial charge in [-0.05, 0) is 43.5 Å². The number of amides is 2. The van der Waals surface area contributed by atoms with Crippen LogP contribution in [0, 0.1) is 0 Å². The van der Waals surface area contributed by atoms with Gasteiger partial charge in [-0.3, -0.25) is 0 Å². The van der Waals surface area contributed by atoms with Crippen LogP contribution in [0.5, 0.6) is 11.5 Å². The van der Waals surface area contributed by atoms with Crippen molar-refractivity contribution in [1.29, 1.82) is 0 Å². The first-order chi connectivity index (χ1) is 14.6. The summed E-state index contributed by atoms with van der Waals surface area (Å²) in [6, 6.07) is 6.15. The Labute approximate surface area is 180 Å². The summed E-state index contributed by atoms with van der Waals surface area (Å²) in [6.45, 7) is -0.464. The van der Waals surface area contributed by atoms with E-state index in [-0.39, 0.29) is 32.2 Å². The average molecular weight is 458 g/mol. The van der Waals surface area contributed by atoms with E-state index in [4.69, 9.17) is 15.2 Å². The van der Waals surface area contributed by atoms with Gasteiger partial charge in [0.15, 0.2) is 5.60 Å². The minimum atomic E-state index is -4.14. The number of aliphatic carboxylic acids is 1. The molecule has 2 aliphatic heterocycles. The number of likely N-dealkylation sites (tertiary alicyclic amines) is 1. The first-order valence-corrected chi connectivity index (χ1v) is 11.4. The Morgan fingerprint density at radius 2 is 1.68 bits per heavy atom. The van der Waals surface area contributed by atoms with Crippen LogP contribution in [-0.4, -0.2) is 90.1 Å². The number of piperidine rings is 2. The van der Waals surface area contributed by atoms with Gasteiger partial charge in [-0.2, -0.15) is 0 Å². The second kappa shape index (κ2) is 8.89. The number of ether oxygens (including phenoxy) is 2. The molecule has 1 aromatic rings. The maximum atomic E-state index is 13.2. The molecule has 31 heavy (non-hydrogen) atoms. The van der Waals surface area contributed by atoms with E-state index in [0.717, 1.165) is 4.90 Å². The molecule has 0 saturated carbocycles. The zero-order chi connectivity index (χ0) is 22.8. The number of methoxy groups -OCH3 is 1. The first-order valence-electron chi connectivity index (χ1n) is 9.87. The van der Waals surface area contributed by atoms with E-state index in [9.17, 15) is 28.2 Å². The molecule has 2 atom stereocenters. The molecule has 2 saturated heterocycles. The number of rotatable bonds is 6. The Bertz CT molecular complexity index is 915. The lowest BCUT2D eigenvalue weighted by Gasteiger charge is -2.43. The van der Waals surface area contributed by atoms with E-state index in [1.165, 1.54) is 4.31 Å². The normalized spacial score (nSPS) is 25.7. The fraction of sp³-hybridized carbons (Fsp3) is 0.579. The molecule has 4 N–H and O–H groups in total. The van der Waals surface area contributed by atoms with Gasteiger partial charge >= 0.3 is 12.0 Å². The summed E-state index contributed by atoms with van der Waals surface area (Å²) in [4.78, 5) is 24.1. The number of nitrogens with zero attached hydrogens (tertiary/aromatic N) is 2. The van der Waals surface area contributed by atoms with Crippen molar-refractivity contribution in [2.75, 3.05) is 33.3 Å². The Morgan fingerprint density at radius 1 is 1.10 bits per heavy atom. The van der Waals surface area contributed by atoms with Crippen LogP contribution < -0.4 is 15.2 Å². The molecule has 2 unspecified atom stereocenters. The number of sulfonamides is 1. The second-order valence-corrected chi connectivity index (χ2v) is 9.82. The van der Waals surface area contributed by atoms with E-state index in [1.54, 1.807) is 31.4 Å². The van der Waals surface area contributed by atoms with Crippen molar-refractivity contribution in [2.24, 2.45) is 5.73 Å². The molecule has 2 amide bonds. The molecule has 172 valence electrons. The highest BCUT2D eigenvalue weighted by Crippen LogP contribution is 2.32. The summed E-state index contributed by atoms with van der Waals surface area (Å²) in [5.41, 5.74) is 2.55. The maximum Gasteiger partial charge on any atom is 0.339 e. The SMILES string of the molecule is COc1ccc(OC2CCN(S(=O)(=O)C3CCN(C(N)=O)CC3(O)C(=O)O)CC2)cc1. The van der Waals surface area contributed by atoms with Gasteiger partial charge in [0.2, 0.25) is 10.0 Å². The smallest absolute Gasteiger partial charge is 0.339 e. The third-order valence-corrected chi connectivity index (χ3v) is 8.22. The van der Waals surface area contributed by atoms with Crippen LogP contribution in [0.1, 0.15) is 19.3 Å². The van der Waals surface area contributed by atoms with Crippen LogP contribution in [0.4, 0.5) is 4.79 Å². The second-order valence-electron chi connectivity index (χ2n) is 7.70. The molecule has 0 spiro atoms. The molecular weight excluding hydrogens is 430 g/mol. The molecule has 11 nitrogen and oxygen atoms in total. The van der Waals surface area contributed by atoms with Crippen LogP contribution in [0.25, 0.3) is 0 Å². The highest BCUT2D eigenvalue weighted by molar-refractivity contribution is 7.89. The van der Waals surface area contributed by atoms with Gasteiger partial charge < -0.3 is 30.3 Å². The minimum absolute atomic E-state index is 0.0497. The third kappa shape index (κ3) is 4.70. The number of benzene rings is 1. The van der Waals surface area contributed by atoms with Crippen molar-refractivity contribution in [3.63, 3.8) is 0 Å². The van der Waals surface area contributed by atoms with Crippen LogP contribution in [0.15, 0.2) is 24.3 Å². The van der Waals surface area contributed by atoms with Gasteiger partial charge in [-0.15, -0.1) is 0 Å². The number of carboxylic acid groups (broad SMARTS) is 1. The lowest BCUT2D eigenvalue weighted by molar-refractivity contribution is -0.162. The monoisotopic (exact) mass is 457 g/mol. The van der Waals surface area contributed by atoms with Gasteiger partial charge in [-0.25, -0.2) is 22.3 Å². The molecule has 2 heterocycles. The van der Waals surface area contributed by atoms with Gasteiger partial charge in [-0.1, -0.05) is 0 Å². The molecule has 0 aromatic heterocycles.